The third kappa shape index (κ3) is 4.89. The number of hydrogen-bond acceptors (Lipinski definition) is 5. The van der Waals surface area contributed by atoms with Crippen molar-refractivity contribution in [3.8, 4) is 11.1 Å². The smallest absolute Gasteiger partial charge is 0.407 e. The van der Waals surface area contributed by atoms with Crippen LogP contribution in [0.4, 0.5) is 10.6 Å². The number of carbonyl (C=O) groups excluding carboxylic acids is 2. The second kappa shape index (κ2) is 10.0. The Hall–Kier alpha value is -4.14. The minimum absolute atomic E-state index is 0.0763. The number of nitrogens with zero attached hydrogens (tertiary/aromatic N) is 2. The molecular formula is C26H28N4O5. The lowest BCUT2D eigenvalue weighted by atomic mass is 9.98. The van der Waals surface area contributed by atoms with E-state index in [1.165, 1.54) is 10.9 Å². The highest BCUT2D eigenvalue weighted by molar-refractivity contribution is 6.01. The fourth-order valence-corrected chi connectivity index (χ4v) is 4.40. The number of ether oxygens (including phenoxy) is 1. The molecule has 3 N–H and O–H groups in total. The molecule has 0 spiro atoms. The van der Waals surface area contributed by atoms with Crippen molar-refractivity contribution in [2.45, 2.75) is 32.2 Å². The van der Waals surface area contributed by atoms with Crippen LogP contribution in [0.25, 0.3) is 11.1 Å². The molecule has 3 aromatic rings. The lowest BCUT2D eigenvalue weighted by Gasteiger charge is -2.23. The zero-order valence-corrected chi connectivity index (χ0v) is 19.8. The zero-order chi connectivity index (χ0) is 25.1. The van der Waals surface area contributed by atoms with Gasteiger partial charge in [0.2, 0.25) is 5.91 Å². The number of carboxylic acid groups (broad SMARTS) is 1. The maximum atomic E-state index is 13.0. The van der Waals surface area contributed by atoms with Crippen LogP contribution in [-0.4, -0.2) is 45.5 Å². The molecule has 1 aliphatic carbocycles. The highest BCUT2D eigenvalue weighted by Gasteiger charge is 2.31. The molecule has 35 heavy (non-hydrogen) atoms. The Kier molecular flexibility index (Phi) is 6.86. The van der Waals surface area contributed by atoms with E-state index in [-0.39, 0.29) is 29.8 Å². The summed E-state index contributed by atoms with van der Waals surface area (Å²) in [5.74, 6) is -2.18. The number of hydrogen-bond donors (Lipinski definition) is 3. The Balaban J connectivity index is 1.45. The van der Waals surface area contributed by atoms with Crippen molar-refractivity contribution in [1.82, 2.24) is 15.1 Å². The lowest BCUT2D eigenvalue weighted by Crippen LogP contribution is -2.48. The van der Waals surface area contributed by atoms with Gasteiger partial charge in [-0.05, 0) is 28.2 Å². The Morgan fingerprint density at radius 2 is 1.69 bits per heavy atom. The van der Waals surface area contributed by atoms with Crippen LogP contribution in [0.2, 0.25) is 0 Å². The van der Waals surface area contributed by atoms with Crippen LogP contribution in [-0.2, 0) is 16.6 Å². The minimum atomic E-state index is -1.21. The van der Waals surface area contributed by atoms with E-state index < -0.39 is 24.0 Å². The van der Waals surface area contributed by atoms with Crippen molar-refractivity contribution in [2.75, 3.05) is 11.9 Å². The Morgan fingerprint density at radius 1 is 1.09 bits per heavy atom. The summed E-state index contributed by atoms with van der Waals surface area (Å²) in [6.45, 7) is 3.84. The molecule has 9 heteroatoms. The molecule has 2 atom stereocenters. The van der Waals surface area contributed by atoms with Gasteiger partial charge >= 0.3 is 12.1 Å². The predicted octanol–water partition coefficient (Wildman–Crippen LogP) is 4.01. The van der Waals surface area contributed by atoms with Gasteiger partial charge in [-0.15, -0.1) is 0 Å². The van der Waals surface area contributed by atoms with E-state index in [4.69, 9.17) is 4.74 Å². The quantitative estimate of drug-likeness (QED) is 0.452. The fraction of sp³-hybridized carbons (Fsp3) is 0.308. The summed E-state index contributed by atoms with van der Waals surface area (Å²) in [6.07, 6.45) is 1.19. The molecule has 182 valence electrons. The van der Waals surface area contributed by atoms with Crippen LogP contribution in [0.15, 0.2) is 54.7 Å². The van der Waals surface area contributed by atoms with Crippen LogP contribution in [0.1, 0.15) is 47.7 Å². The van der Waals surface area contributed by atoms with Gasteiger partial charge < -0.3 is 20.5 Å². The summed E-state index contributed by atoms with van der Waals surface area (Å²) in [6, 6.07) is 15.1. The summed E-state index contributed by atoms with van der Waals surface area (Å²) in [4.78, 5) is 37.2. The van der Waals surface area contributed by atoms with E-state index in [9.17, 15) is 19.5 Å². The van der Waals surface area contributed by atoms with Gasteiger partial charge in [0, 0.05) is 19.2 Å². The standard InChI is InChI=1S/C26H28N4O5/c1-4-15(2)22(24(31)28-23-20(25(32)33)13-30(3)29-23)27-26(34)35-14-21-18-11-7-5-9-16(18)17-10-6-8-12-19(17)21/h5-13,15,21-22H,4,14H2,1-3H3,(H,27,34)(H,32,33)(H,28,29,31)/t15-,22-/m0/s1. The first kappa shape index (κ1) is 24.0. The molecule has 0 saturated heterocycles. The Morgan fingerprint density at radius 3 is 2.26 bits per heavy atom. The molecule has 1 aliphatic rings. The molecule has 0 fully saturated rings. The fourth-order valence-electron chi connectivity index (χ4n) is 4.40. The molecule has 0 saturated carbocycles. The molecule has 1 aromatic heterocycles. The number of aromatic nitrogens is 2. The van der Waals surface area contributed by atoms with Crippen molar-refractivity contribution < 1.29 is 24.2 Å². The molecule has 1 heterocycles. The number of rotatable bonds is 8. The van der Waals surface area contributed by atoms with Crippen molar-refractivity contribution in [2.24, 2.45) is 13.0 Å². The predicted molar refractivity (Wildman–Crippen MR) is 130 cm³/mol. The molecule has 0 bridgehead atoms. The summed E-state index contributed by atoms with van der Waals surface area (Å²) in [5, 5.41) is 18.6. The monoisotopic (exact) mass is 476 g/mol. The second-order valence-corrected chi connectivity index (χ2v) is 8.69. The first-order valence-electron chi connectivity index (χ1n) is 11.5. The highest BCUT2D eigenvalue weighted by atomic mass is 16.5. The zero-order valence-electron chi connectivity index (χ0n) is 19.8. The molecule has 0 aliphatic heterocycles. The van der Waals surface area contributed by atoms with E-state index in [1.54, 1.807) is 7.05 Å². The van der Waals surface area contributed by atoms with Crippen molar-refractivity contribution in [3.05, 3.63) is 71.4 Å². The van der Waals surface area contributed by atoms with Gasteiger partial charge in [-0.25, -0.2) is 9.59 Å². The molecular weight excluding hydrogens is 448 g/mol. The van der Waals surface area contributed by atoms with Crippen molar-refractivity contribution in [1.29, 1.82) is 0 Å². The number of aromatic carboxylic acids is 1. The number of carboxylic acids is 1. The summed E-state index contributed by atoms with van der Waals surface area (Å²) in [7, 11) is 1.56. The van der Waals surface area contributed by atoms with Gasteiger partial charge in [-0.1, -0.05) is 68.8 Å². The van der Waals surface area contributed by atoms with Gasteiger partial charge in [-0.3, -0.25) is 9.48 Å². The van der Waals surface area contributed by atoms with E-state index in [2.05, 4.69) is 27.9 Å². The average molecular weight is 477 g/mol. The van der Waals surface area contributed by atoms with E-state index in [0.717, 1.165) is 22.3 Å². The third-order valence-corrected chi connectivity index (χ3v) is 6.41. The molecule has 4 rings (SSSR count). The number of anilines is 1. The first-order chi connectivity index (χ1) is 16.8. The van der Waals surface area contributed by atoms with E-state index in [1.807, 2.05) is 50.2 Å². The maximum Gasteiger partial charge on any atom is 0.407 e. The maximum absolute atomic E-state index is 13.0. The van der Waals surface area contributed by atoms with Gasteiger partial charge in [0.15, 0.2) is 5.82 Å². The van der Waals surface area contributed by atoms with Gasteiger partial charge in [0.05, 0.1) is 0 Å². The van der Waals surface area contributed by atoms with Gasteiger partial charge in [0.1, 0.15) is 18.2 Å². The summed E-state index contributed by atoms with van der Waals surface area (Å²) >= 11 is 0. The number of carbonyl (C=O) groups is 3. The lowest BCUT2D eigenvalue weighted by molar-refractivity contribution is -0.119. The number of nitrogens with one attached hydrogen (secondary N) is 2. The highest BCUT2D eigenvalue weighted by Crippen LogP contribution is 2.44. The van der Waals surface area contributed by atoms with Crippen LogP contribution < -0.4 is 10.6 Å². The number of fused-ring (bicyclic) bond motifs is 3. The molecule has 2 aromatic carbocycles. The van der Waals surface area contributed by atoms with Crippen LogP contribution in [0.5, 0.6) is 0 Å². The third-order valence-electron chi connectivity index (χ3n) is 6.41. The van der Waals surface area contributed by atoms with Crippen molar-refractivity contribution in [3.63, 3.8) is 0 Å². The largest absolute Gasteiger partial charge is 0.477 e. The number of benzene rings is 2. The first-order valence-corrected chi connectivity index (χ1v) is 11.5. The summed E-state index contributed by atoms with van der Waals surface area (Å²) < 4.78 is 6.89. The average Bonchev–Trinajstić information content (AvgIpc) is 3.38. The molecule has 0 unspecified atom stereocenters. The SMILES string of the molecule is CC[C@H](C)[C@H](NC(=O)OCC1c2ccccc2-c2ccccc21)C(=O)Nc1nn(C)cc1C(=O)O. The van der Waals surface area contributed by atoms with Gasteiger partial charge in [-0.2, -0.15) is 5.10 Å². The Labute approximate surface area is 203 Å². The van der Waals surface area contributed by atoms with Crippen LogP contribution >= 0.6 is 0 Å². The number of alkyl carbamates (subject to hydrolysis) is 1. The van der Waals surface area contributed by atoms with Crippen molar-refractivity contribution >= 4 is 23.8 Å². The molecule has 0 radical (unpaired) electrons. The van der Waals surface area contributed by atoms with E-state index >= 15 is 0 Å². The number of amides is 2. The molecule has 2 amide bonds. The summed E-state index contributed by atoms with van der Waals surface area (Å²) in [5.41, 5.74) is 4.30. The minimum Gasteiger partial charge on any atom is -0.477 e. The number of aryl methyl sites for hydroxylation is 1. The topological polar surface area (TPSA) is 123 Å². The van der Waals surface area contributed by atoms with E-state index in [0.29, 0.717) is 6.42 Å². The molecule has 9 nitrogen and oxygen atoms in total. The van der Waals surface area contributed by atoms with Crippen LogP contribution in [0, 0.1) is 5.92 Å². The Bertz CT molecular complexity index is 1220. The van der Waals surface area contributed by atoms with Crippen LogP contribution in [0.3, 0.4) is 0 Å². The van der Waals surface area contributed by atoms with Gasteiger partial charge in [0.25, 0.3) is 0 Å². The normalized spacial score (nSPS) is 13.9. The second-order valence-electron chi connectivity index (χ2n) is 8.69.